The molecule has 13 heteroatoms. The molecule has 0 bridgehead atoms. The molecule has 0 aromatic heterocycles. The molecule has 2 N–H and O–H groups in total. The van der Waals surface area contributed by atoms with Crippen molar-refractivity contribution in [1.29, 1.82) is 0 Å². The summed E-state index contributed by atoms with van der Waals surface area (Å²) < 4.78 is 30.3. The fourth-order valence-electron chi connectivity index (χ4n) is 10.0. The van der Waals surface area contributed by atoms with Crippen molar-refractivity contribution in [2.45, 2.75) is 24.2 Å². The molecule has 3 fully saturated rings. The summed E-state index contributed by atoms with van der Waals surface area (Å²) in [5.74, 6) is -5.23. The Hall–Kier alpha value is -6.92. The Morgan fingerprint density at radius 1 is 0.774 bits per heavy atom. The number of ether oxygens (including phenoxy) is 3. The Morgan fingerprint density at radius 3 is 2.15 bits per heavy atom. The number of halogens is 2. The van der Waals surface area contributed by atoms with E-state index in [1.54, 1.807) is 62.8 Å². The first-order valence-corrected chi connectivity index (χ1v) is 20.5. The summed E-state index contributed by atoms with van der Waals surface area (Å²) in [6.45, 7) is 0. The minimum atomic E-state index is -1.65. The number of hydrazine groups is 1. The van der Waals surface area contributed by atoms with E-state index in [0.29, 0.717) is 50.3 Å². The number of hydrogen-bond donors (Lipinski definition) is 2. The number of aromatic hydroxyl groups is 1. The van der Waals surface area contributed by atoms with Gasteiger partial charge in [0.25, 0.3) is 11.8 Å². The van der Waals surface area contributed by atoms with Gasteiger partial charge in [-0.05, 0) is 103 Å². The molecular weight excluding hydrogens is 813 g/mol. The summed E-state index contributed by atoms with van der Waals surface area (Å²) in [7, 11) is 4.65. The topological polar surface area (TPSA) is 135 Å². The van der Waals surface area contributed by atoms with E-state index < -0.39 is 58.5 Å². The molecule has 2 aliphatic carbocycles. The molecule has 11 nitrogen and oxygen atoms in total. The molecule has 5 aromatic rings. The molecule has 62 heavy (non-hydrogen) atoms. The van der Waals surface area contributed by atoms with E-state index in [4.69, 9.17) is 25.8 Å². The number of fused-ring (bicyclic) bond motifs is 4. The highest BCUT2D eigenvalue weighted by molar-refractivity contribution is 6.30. The average molecular weight is 854 g/mol. The predicted molar refractivity (Wildman–Crippen MR) is 231 cm³/mol. The van der Waals surface area contributed by atoms with Crippen LogP contribution >= 0.6 is 11.6 Å². The standard InChI is InChI=1S/C49H41ClFN3O8/c1-60-34-19-23-42(62-3)28(24-34)7-4-27-5-16-33(17-6-27)53-45(56)38-22-21-36-39(43(38)47(53)58)26-40-46(57)54(52-32-14-12-31(51)13-15-32)48(59)49(40,29-8-10-30(50)11-9-29)44(36)37-20-18-35(61-2)25-41(37)55/h4-21,23-25,38-40,43-44,52,55H,22,26H2,1-3H3. The number of methoxy groups -OCH3 is 3. The van der Waals surface area contributed by atoms with Gasteiger partial charge < -0.3 is 19.3 Å². The number of carbonyl (C=O) groups excluding carboxylic acids is 4. The first kappa shape index (κ1) is 40.5. The molecular formula is C49H41ClFN3O8. The number of anilines is 2. The first-order chi connectivity index (χ1) is 30.0. The number of rotatable bonds is 10. The zero-order chi connectivity index (χ0) is 43.4. The maximum absolute atomic E-state index is 15.4. The maximum Gasteiger partial charge on any atom is 0.260 e. The second-order valence-electron chi connectivity index (χ2n) is 15.8. The van der Waals surface area contributed by atoms with Gasteiger partial charge in [-0.1, -0.05) is 65.7 Å². The minimum Gasteiger partial charge on any atom is -0.508 e. The van der Waals surface area contributed by atoms with Crippen LogP contribution in [0.4, 0.5) is 15.8 Å². The number of benzene rings is 5. The molecule has 6 unspecified atom stereocenters. The molecule has 2 aliphatic heterocycles. The lowest BCUT2D eigenvalue weighted by Gasteiger charge is -2.50. The summed E-state index contributed by atoms with van der Waals surface area (Å²) in [6.07, 6.45) is 5.92. The van der Waals surface area contributed by atoms with Crippen molar-refractivity contribution < 1.29 is 42.9 Å². The van der Waals surface area contributed by atoms with E-state index in [1.807, 2.05) is 48.6 Å². The van der Waals surface area contributed by atoms with Gasteiger partial charge in [-0.3, -0.25) is 29.5 Å². The molecule has 2 saturated heterocycles. The lowest BCUT2D eigenvalue weighted by Crippen LogP contribution is -2.53. The van der Waals surface area contributed by atoms with E-state index in [9.17, 15) is 23.9 Å². The van der Waals surface area contributed by atoms with Crippen molar-refractivity contribution in [1.82, 2.24) is 5.01 Å². The van der Waals surface area contributed by atoms with Crippen LogP contribution in [0, 0.1) is 29.5 Å². The molecule has 0 spiro atoms. The summed E-state index contributed by atoms with van der Waals surface area (Å²) in [6, 6.07) is 29.3. The fourth-order valence-corrected chi connectivity index (χ4v) is 10.2. The first-order valence-electron chi connectivity index (χ1n) is 20.1. The van der Waals surface area contributed by atoms with Crippen molar-refractivity contribution in [2.24, 2.45) is 23.7 Å². The van der Waals surface area contributed by atoms with Crippen LogP contribution in [0.3, 0.4) is 0 Å². The maximum atomic E-state index is 15.4. The molecule has 4 amide bonds. The predicted octanol–water partition coefficient (Wildman–Crippen LogP) is 8.57. The van der Waals surface area contributed by atoms with Crippen LogP contribution in [-0.2, 0) is 24.6 Å². The van der Waals surface area contributed by atoms with Crippen LogP contribution in [0.5, 0.6) is 23.0 Å². The van der Waals surface area contributed by atoms with Gasteiger partial charge in [0.2, 0.25) is 11.8 Å². The fraction of sp³-hybridized carbons (Fsp3) is 0.224. The molecule has 4 aliphatic rings. The van der Waals surface area contributed by atoms with E-state index >= 15 is 4.79 Å². The van der Waals surface area contributed by atoms with E-state index in [-0.39, 0.29) is 24.5 Å². The van der Waals surface area contributed by atoms with Crippen LogP contribution in [0.25, 0.3) is 12.2 Å². The number of imide groups is 2. The smallest absolute Gasteiger partial charge is 0.260 e. The van der Waals surface area contributed by atoms with Crippen molar-refractivity contribution >= 4 is 58.8 Å². The number of phenols is 1. The van der Waals surface area contributed by atoms with E-state index in [1.165, 1.54) is 42.3 Å². The van der Waals surface area contributed by atoms with E-state index in [0.717, 1.165) is 16.1 Å². The minimum absolute atomic E-state index is 0.0412. The third-order valence-electron chi connectivity index (χ3n) is 12.8. The van der Waals surface area contributed by atoms with Gasteiger partial charge >= 0.3 is 0 Å². The molecule has 5 aromatic carbocycles. The van der Waals surface area contributed by atoms with Gasteiger partial charge in [-0.2, -0.15) is 5.01 Å². The van der Waals surface area contributed by atoms with Gasteiger partial charge in [0.05, 0.1) is 55.9 Å². The monoisotopic (exact) mass is 853 g/mol. The quantitative estimate of drug-likeness (QED) is 0.0805. The van der Waals surface area contributed by atoms with Gasteiger partial charge in [-0.25, -0.2) is 4.39 Å². The zero-order valence-electron chi connectivity index (χ0n) is 33.9. The second-order valence-corrected chi connectivity index (χ2v) is 16.3. The number of nitrogens with one attached hydrogen (secondary N) is 1. The summed E-state index contributed by atoms with van der Waals surface area (Å²) in [5.41, 5.74) is 5.09. The Bertz CT molecular complexity index is 2690. The number of amides is 4. The second kappa shape index (κ2) is 15.8. The van der Waals surface area contributed by atoms with Gasteiger partial charge in [0, 0.05) is 28.1 Å². The molecule has 1 saturated carbocycles. The summed E-state index contributed by atoms with van der Waals surface area (Å²) in [5, 5.41) is 13.2. The van der Waals surface area contributed by atoms with Crippen LogP contribution < -0.4 is 24.5 Å². The van der Waals surface area contributed by atoms with Crippen LogP contribution in [0.2, 0.25) is 5.02 Å². The number of allylic oxidation sites excluding steroid dienone is 2. The summed E-state index contributed by atoms with van der Waals surface area (Å²) in [4.78, 5) is 60.7. The Balaban J connectivity index is 1.12. The molecule has 314 valence electrons. The normalized spacial score (nSPS) is 24.1. The highest BCUT2D eigenvalue weighted by atomic mass is 35.5. The lowest BCUT2D eigenvalue weighted by molar-refractivity contribution is -0.138. The average Bonchev–Trinajstić information content (AvgIpc) is 3.67. The Morgan fingerprint density at radius 2 is 1.47 bits per heavy atom. The number of nitrogens with zero attached hydrogens (tertiary/aromatic N) is 2. The largest absolute Gasteiger partial charge is 0.508 e. The van der Waals surface area contributed by atoms with Crippen LogP contribution in [0.1, 0.15) is 41.0 Å². The molecule has 0 radical (unpaired) electrons. The SMILES string of the molecule is COc1ccc(C2C3=CCC4C(=O)N(c5ccc(C=Cc6cc(OC)ccc6OC)cc5)C(=O)C4C3CC3C(=O)N(Nc4ccc(F)cc4)C(=O)C32c2ccc(Cl)cc2)c(O)c1. The molecule has 6 atom stereocenters. The molecule has 9 rings (SSSR count). The number of carbonyl (C=O) groups is 4. The van der Waals surface area contributed by atoms with Gasteiger partial charge in [0.1, 0.15) is 28.8 Å². The molecule has 2 heterocycles. The summed E-state index contributed by atoms with van der Waals surface area (Å²) >= 11 is 6.40. The lowest BCUT2D eigenvalue weighted by atomic mass is 9.49. The zero-order valence-corrected chi connectivity index (χ0v) is 34.6. The number of hydrogen-bond acceptors (Lipinski definition) is 9. The van der Waals surface area contributed by atoms with Crippen molar-refractivity contribution in [3.63, 3.8) is 0 Å². The van der Waals surface area contributed by atoms with Gasteiger partial charge in [-0.15, -0.1) is 0 Å². The van der Waals surface area contributed by atoms with Crippen molar-refractivity contribution in [3.8, 4) is 23.0 Å². The van der Waals surface area contributed by atoms with Crippen LogP contribution in [0.15, 0.2) is 121 Å². The van der Waals surface area contributed by atoms with Gasteiger partial charge in [0.15, 0.2) is 0 Å². The highest BCUT2D eigenvalue weighted by Gasteiger charge is 2.70. The van der Waals surface area contributed by atoms with Crippen LogP contribution in [-0.4, -0.2) is 55.1 Å². The van der Waals surface area contributed by atoms with Crippen molar-refractivity contribution in [3.05, 3.63) is 154 Å². The Labute approximate surface area is 361 Å². The third kappa shape index (κ3) is 6.48. The third-order valence-corrected chi connectivity index (χ3v) is 13.1. The van der Waals surface area contributed by atoms with Crippen molar-refractivity contribution in [2.75, 3.05) is 31.7 Å². The highest BCUT2D eigenvalue weighted by Crippen LogP contribution is 2.65. The number of phenolic OH excluding ortho intramolecular Hbond substituents is 1. The Kier molecular flexibility index (Phi) is 10.3. The van der Waals surface area contributed by atoms with E-state index in [2.05, 4.69) is 5.43 Å².